The molecule has 136 valence electrons. The Labute approximate surface area is 162 Å². The minimum atomic E-state index is -0.139. The zero-order chi connectivity index (χ0) is 18.8. The molecule has 0 aliphatic carbocycles. The average molecular weight is 378 g/mol. The molecule has 5 heteroatoms. The van der Waals surface area contributed by atoms with Crippen molar-refractivity contribution in [2.24, 2.45) is 0 Å². The van der Waals surface area contributed by atoms with Crippen LogP contribution < -0.4 is 9.64 Å². The van der Waals surface area contributed by atoms with Gasteiger partial charge in [0.2, 0.25) is 5.78 Å². The minimum Gasteiger partial charge on any atom is -0.507 e. The summed E-state index contributed by atoms with van der Waals surface area (Å²) in [7, 11) is 2.06. The van der Waals surface area contributed by atoms with Gasteiger partial charge in [-0.2, -0.15) is 0 Å². The highest BCUT2D eigenvalue weighted by atomic mass is 32.1. The monoisotopic (exact) mass is 378 g/mol. The van der Waals surface area contributed by atoms with Crippen LogP contribution in [0.4, 0.5) is 0 Å². The van der Waals surface area contributed by atoms with E-state index in [2.05, 4.69) is 19.2 Å². The number of ketones is 1. The number of nitrogens with one attached hydrogen (secondary N) is 1. The fourth-order valence-electron chi connectivity index (χ4n) is 3.28. The van der Waals surface area contributed by atoms with Crippen LogP contribution in [0.25, 0.3) is 6.08 Å². The van der Waals surface area contributed by atoms with E-state index >= 15 is 0 Å². The van der Waals surface area contributed by atoms with Crippen molar-refractivity contribution in [3.63, 3.8) is 0 Å². The van der Waals surface area contributed by atoms with Gasteiger partial charge in [-0.3, -0.25) is 4.79 Å². The van der Waals surface area contributed by atoms with Gasteiger partial charge in [-0.05, 0) is 23.6 Å². The van der Waals surface area contributed by atoms with Crippen molar-refractivity contribution in [3.8, 4) is 11.5 Å². The quantitative estimate of drug-likeness (QED) is 0.670. The van der Waals surface area contributed by atoms with Crippen LogP contribution in [-0.4, -0.2) is 17.9 Å². The van der Waals surface area contributed by atoms with E-state index < -0.39 is 0 Å². The fraction of sp³-hybridized carbons (Fsp3) is 0.136. The third kappa shape index (κ3) is 3.65. The predicted molar refractivity (Wildman–Crippen MR) is 106 cm³/mol. The maximum atomic E-state index is 12.7. The predicted octanol–water partition coefficient (Wildman–Crippen LogP) is 3.28. The van der Waals surface area contributed by atoms with Crippen LogP contribution in [0.2, 0.25) is 0 Å². The Hall–Kier alpha value is -2.89. The normalized spacial score (nSPS) is 15.6. The molecule has 0 fully saturated rings. The number of phenols is 1. The molecule has 1 aromatic heterocycles. The molecule has 27 heavy (non-hydrogen) atoms. The van der Waals surface area contributed by atoms with E-state index in [1.54, 1.807) is 29.5 Å². The van der Waals surface area contributed by atoms with Crippen molar-refractivity contribution in [3.05, 3.63) is 87.3 Å². The molecule has 3 aromatic rings. The lowest BCUT2D eigenvalue weighted by Gasteiger charge is -2.16. The van der Waals surface area contributed by atoms with E-state index in [1.165, 1.54) is 10.5 Å². The highest BCUT2D eigenvalue weighted by Crippen LogP contribution is 2.39. The first kappa shape index (κ1) is 17.5. The first-order chi connectivity index (χ1) is 13.1. The number of rotatable bonds is 5. The number of quaternary nitrogens is 1. The van der Waals surface area contributed by atoms with Gasteiger partial charge in [0, 0.05) is 16.5 Å². The molecule has 4 rings (SSSR count). The molecule has 1 unspecified atom stereocenters. The van der Waals surface area contributed by atoms with Crippen LogP contribution in [0.5, 0.6) is 11.5 Å². The lowest BCUT2D eigenvalue weighted by atomic mass is 10.0. The van der Waals surface area contributed by atoms with Gasteiger partial charge >= 0.3 is 0 Å². The van der Waals surface area contributed by atoms with Gasteiger partial charge in [-0.15, -0.1) is 11.3 Å². The number of fused-ring (bicyclic) bond motifs is 1. The summed E-state index contributed by atoms with van der Waals surface area (Å²) in [4.78, 5) is 14.8. The number of hydrogen-bond donors (Lipinski definition) is 2. The van der Waals surface area contributed by atoms with Crippen LogP contribution in [-0.2, 0) is 13.1 Å². The van der Waals surface area contributed by atoms with Crippen molar-refractivity contribution in [1.82, 2.24) is 0 Å². The second kappa shape index (κ2) is 7.39. The van der Waals surface area contributed by atoms with Gasteiger partial charge in [-0.25, -0.2) is 0 Å². The summed E-state index contributed by atoms with van der Waals surface area (Å²) < 4.78 is 5.90. The lowest BCUT2D eigenvalue weighted by molar-refractivity contribution is -0.907. The van der Waals surface area contributed by atoms with Crippen LogP contribution in [0, 0.1) is 0 Å². The number of allylic oxidation sites excluding steroid dienone is 1. The molecule has 1 aliphatic heterocycles. The third-order valence-corrected chi connectivity index (χ3v) is 5.38. The Morgan fingerprint density at radius 1 is 1.07 bits per heavy atom. The zero-order valence-electron chi connectivity index (χ0n) is 14.9. The largest absolute Gasteiger partial charge is 0.507 e. The number of benzene rings is 2. The molecule has 2 aromatic carbocycles. The Morgan fingerprint density at radius 2 is 1.89 bits per heavy atom. The summed E-state index contributed by atoms with van der Waals surface area (Å²) in [5, 5.41) is 12.4. The number of thiophene rings is 1. The summed E-state index contributed by atoms with van der Waals surface area (Å²) in [6.07, 6.45) is 1.76. The van der Waals surface area contributed by atoms with E-state index in [9.17, 15) is 9.90 Å². The summed E-state index contributed by atoms with van der Waals surface area (Å²) >= 11 is 1.55. The number of ether oxygens (including phenoxy) is 1. The molecule has 0 spiro atoms. The van der Waals surface area contributed by atoms with E-state index in [4.69, 9.17) is 4.74 Å². The SMILES string of the molecule is C[NH+](Cc1ccccc1)Cc1c(O)ccc2c1O/C(=C/c1cccs1)C2=O. The van der Waals surface area contributed by atoms with Gasteiger partial charge < -0.3 is 14.7 Å². The van der Waals surface area contributed by atoms with Gasteiger partial charge in [0.1, 0.15) is 18.8 Å². The molecule has 0 amide bonds. The van der Waals surface area contributed by atoms with E-state index in [1.807, 2.05) is 35.7 Å². The number of aromatic hydroxyl groups is 1. The zero-order valence-corrected chi connectivity index (χ0v) is 15.8. The number of carbonyl (C=O) groups is 1. The van der Waals surface area contributed by atoms with Crippen molar-refractivity contribution < 1.29 is 19.5 Å². The van der Waals surface area contributed by atoms with Crippen molar-refractivity contribution in [2.75, 3.05) is 7.05 Å². The van der Waals surface area contributed by atoms with E-state index in [0.29, 0.717) is 29.2 Å². The van der Waals surface area contributed by atoms with E-state index in [0.717, 1.165) is 11.4 Å². The maximum absolute atomic E-state index is 12.7. The second-order valence-corrected chi connectivity index (χ2v) is 7.67. The van der Waals surface area contributed by atoms with Crippen molar-refractivity contribution >= 4 is 23.2 Å². The molecule has 2 heterocycles. The van der Waals surface area contributed by atoms with E-state index in [-0.39, 0.29) is 11.5 Å². The Kier molecular flexibility index (Phi) is 4.79. The number of carbonyl (C=O) groups excluding carboxylic acids is 1. The van der Waals surface area contributed by atoms with Gasteiger partial charge in [0.25, 0.3) is 0 Å². The number of phenolic OH excluding ortho intramolecular Hbond substituents is 1. The maximum Gasteiger partial charge on any atom is 0.232 e. The minimum absolute atomic E-state index is 0.139. The average Bonchev–Trinajstić information content (AvgIpc) is 3.28. The van der Waals surface area contributed by atoms with Crippen molar-refractivity contribution in [1.29, 1.82) is 0 Å². The first-order valence-corrected chi connectivity index (χ1v) is 9.67. The number of Topliss-reactive ketones (excluding diaryl/α,β-unsaturated/α-hetero) is 1. The lowest BCUT2D eigenvalue weighted by Crippen LogP contribution is -3.06. The molecule has 2 N–H and O–H groups in total. The first-order valence-electron chi connectivity index (χ1n) is 8.79. The fourth-order valence-corrected chi connectivity index (χ4v) is 3.93. The van der Waals surface area contributed by atoms with Gasteiger partial charge in [-0.1, -0.05) is 36.4 Å². The molecule has 1 aliphatic rings. The molecule has 0 radical (unpaired) electrons. The Balaban J connectivity index is 1.60. The molecular weight excluding hydrogens is 358 g/mol. The highest BCUT2D eigenvalue weighted by Gasteiger charge is 2.32. The smallest absolute Gasteiger partial charge is 0.232 e. The Morgan fingerprint density at radius 3 is 2.63 bits per heavy atom. The third-order valence-electron chi connectivity index (χ3n) is 4.56. The van der Waals surface area contributed by atoms with Crippen LogP contribution in [0.3, 0.4) is 0 Å². The molecular formula is C22H20NO3S+. The van der Waals surface area contributed by atoms with Crippen molar-refractivity contribution in [2.45, 2.75) is 13.1 Å². The molecule has 4 nitrogen and oxygen atoms in total. The molecule has 0 saturated carbocycles. The highest BCUT2D eigenvalue weighted by molar-refractivity contribution is 7.10. The molecule has 0 bridgehead atoms. The number of hydrogen-bond acceptors (Lipinski definition) is 4. The summed E-state index contributed by atoms with van der Waals surface area (Å²) in [5.41, 5.74) is 2.40. The summed E-state index contributed by atoms with van der Waals surface area (Å²) in [6.45, 7) is 1.37. The standard InChI is InChI=1S/C22H19NO3S/c1-23(13-15-6-3-2-4-7-15)14-18-19(24)10-9-17-21(25)20(26-22(17)18)12-16-8-5-11-27-16/h2-12,24H,13-14H2,1H3/p+1/b20-12+. The molecule has 0 saturated heterocycles. The van der Waals surface area contributed by atoms with Crippen LogP contribution >= 0.6 is 11.3 Å². The Bertz CT molecular complexity index is 994. The van der Waals surface area contributed by atoms with Gasteiger partial charge in [0.05, 0.1) is 18.2 Å². The summed E-state index contributed by atoms with van der Waals surface area (Å²) in [5.74, 6) is 0.807. The van der Waals surface area contributed by atoms with Crippen LogP contribution in [0.1, 0.15) is 26.4 Å². The summed E-state index contributed by atoms with van der Waals surface area (Å²) in [6, 6.07) is 17.3. The molecule has 1 atom stereocenters. The topological polar surface area (TPSA) is 51.0 Å². The van der Waals surface area contributed by atoms with Crippen LogP contribution in [0.15, 0.2) is 65.7 Å². The van der Waals surface area contributed by atoms with Gasteiger partial charge in [0.15, 0.2) is 11.5 Å². The second-order valence-electron chi connectivity index (χ2n) is 6.69.